The van der Waals surface area contributed by atoms with E-state index in [1.807, 2.05) is 0 Å². The Morgan fingerprint density at radius 2 is 1.82 bits per heavy atom. The third-order valence-electron chi connectivity index (χ3n) is 3.05. The monoisotopic (exact) mass is 243 g/mol. The maximum absolute atomic E-state index is 11.2. The minimum atomic E-state index is -0.960. The van der Waals surface area contributed by atoms with E-state index < -0.39 is 5.97 Å². The molecule has 98 valence electrons. The summed E-state index contributed by atoms with van der Waals surface area (Å²) in [5.41, 5.74) is 0. The first-order valence-electron chi connectivity index (χ1n) is 5.87. The normalized spacial score (nSPS) is 18.0. The Morgan fingerprint density at radius 3 is 2.29 bits per heavy atom. The maximum atomic E-state index is 11.2. The number of carbonyl (C=O) groups is 2. The van der Waals surface area contributed by atoms with Gasteiger partial charge < -0.3 is 14.9 Å². The number of carboxylic acid groups (broad SMARTS) is 1. The Labute approximate surface area is 102 Å². The van der Waals surface area contributed by atoms with E-state index in [2.05, 4.69) is 16.8 Å². The lowest BCUT2D eigenvalue weighted by molar-refractivity contribution is -0.143. The van der Waals surface area contributed by atoms with E-state index in [4.69, 9.17) is 5.11 Å². The first-order valence-corrected chi connectivity index (χ1v) is 5.87. The van der Waals surface area contributed by atoms with Gasteiger partial charge in [-0.25, -0.2) is 0 Å². The van der Waals surface area contributed by atoms with Crippen LogP contribution in [-0.4, -0.2) is 84.5 Å². The van der Waals surface area contributed by atoms with Crippen LogP contribution in [0.5, 0.6) is 0 Å². The van der Waals surface area contributed by atoms with Gasteiger partial charge in [0.15, 0.2) is 0 Å². The molecule has 0 atom stereocenters. The van der Waals surface area contributed by atoms with Gasteiger partial charge >= 0.3 is 5.97 Å². The minimum Gasteiger partial charge on any atom is -0.480 e. The molecule has 1 N–H and O–H groups in total. The number of nitrogens with zero attached hydrogens (tertiary/aromatic N) is 3. The highest BCUT2D eigenvalue weighted by Crippen LogP contribution is 2.00. The molecule has 0 aromatic rings. The fourth-order valence-electron chi connectivity index (χ4n) is 1.84. The summed E-state index contributed by atoms with van der Waals surface area (Å²) in [7, 11) is 2.09. The van der Waals surface area contributed by atoms with E-state index >= 15 is 0 Å². The van der Waals surface area contributed by atoms with Gasteiger partial charge in [-0.05, 0) is 7.05 Å². The van der Waals surface area contributed by atoms with Gasteiger partial charge in [-0.2, -0.15) is 0 Å². The van der Waals surface area contributed by atoms with E-state index in [1.54, 1.807) is 0 Å². The van der Waals surface area contributed by atoms with Gasteiger partial charge in [0.05, 0.1) is 0 Å². The van der Waals surface area contributed by atoms with Crippen molar-refractivity contribution in [1.29, 1.82) is 0 Å². The van der Waals surface area contributed by atoms with E-state index in [0.717, 1.165) is 32.7 Å². The van der Waals surface area contributed by atoms with Crippen LogP contribution in [0, 0.1) is 0 Å². The van der Waals surface area contributed by atoms with Crippen LogP contribution in [-0.2, 0) is 9.59 Å². The third kappa shape index (κ3) is 5.14. The van der Waals surface area contributed by atoms with Crippen LogP contribution in [0.2, 0.25) is 0 Å². The Bertz CT molecular complexity index is 275. The Hall–Kier alpha value is -1.14. The quantitative estimate of drug-likeness (QED) is 0.682. The van der Waals surface area contributed by atoms with Crippen molar-refractivity contribution in [1.82, 2.24) is 14.7 Å². The summed E-state index contributed by atoms with van der Waals surface area (Å²) in [5, 5.41) is 8.69. The van der Waals surface area contributed by atoms with Crippen molar-refractivity contribution in [3.8, 4) is 0 Å². The van der Waals surface area contributed by atoms with E-state index in [9.17, 15) is 9.59 Å². The number of carboxylic acids is 1. The number of carbonyl (C=O) groups excluding carboxylic acids is 1. The zero-order valence-corrected chi connectivity index (χ0v) is 10.6. The fourth-order valence-corrected chi connectivity index (χ4v) is 1.84. The fraction of sp³-hybridized carbons (Fsp3) is 0.818. The van der Waals surface area contributed by atoms with Crippen molar-refractivity contribution < 1.29 is 14.7 Å². The molecule has 17 heavy (non-hydrogen) atoms. The summed E-state index contributed by atoms with van der Waals surface area (Å²) in [4.78, 5) is 27.7. The predicted octanol–water partition coefficient (Wildman–Crippen LogP) is -0.833. The molecule has 6 heteroatoms. The van der Waals surface area contributed by atoms with Gasteiger partial charge in [-0.15, -0.1) is 0 Å². The topological polar surface area (TPSA) is 64.1 Å². The van der Waals surface area contributed by atoms with Gasteiger partial charge in [-0.3, -0.25) is 14.5 Å². The number of aliphatic carboxylic acids is 1. The van der Waals surface area contributed by atoms with Crippen LogP contribution < -0.4 is 0 Å². The molecule has 0 aromatic heterocycles. The lowest BCUT2D eigenvalue weighted by Gasteiger charge is -2.33. The summed E-state index contributed by atoms with van der Waals surface area (Å²) >= 11 is 0. The summed E-state index contributed by atoms with van der Waals surface area (Å²) in [5.74, 6) is -1.14. The molecule has 0 spiro atoms. The molecule has 1 aliphatic rings. The molecule has 1 fully saturated rings. The zero-order chi connectivity index (χ0) is 12.8. The lowest BCUT2D eigenvalue weighted by atomic mass is 10.3. The van der Waals surface area contributed by atoms with Gasteiger partial charge in [0, 0.05) is 46.2 Å². The van der Waals surface area contributed by atoms with Crippen molar-refractivity contribution in [3.05, 3.63) is 0 Å². The van der Waals surface area contributed by atoms with Crippen molar-refractivity contribution in [2.45, 2.75) is 6.92 Å². The highest BCUT2D eigenvalue weighted by molar-refractivity contribution is 5.79. The van der Waals surface area contributed by atoms with Crippen LogP contribution in [0.3, 0.4) is 0 Å². The number of hydrogen-bond acceptors (Lipinski definition) is 4. The van der Waals surface area contributed by atoms with Crippen molar-refractivity contribution >= 4 is 11.9 Å². The third-order valence-corrected chi connectivity index (χ3v) is 3.05. The summed E-state index contributed by atoms with van der Waals surface area (Å²) in [6.45, 7) is 6.46. The average molecular weight is 243 g/mol. The van der Waals surface area contributed by atoms with Crippen molar-refractivity contribution in [2.24, 2.45) is 0 Å². The number of piperazine rings is 1. The van der Waals surface area contributed by atoms with Crippen LogP contribution >= 0.6 is 0 Å². The zero-order valence-electron chi connectivity index (χ0n) is 10.6. The van der Waals surface area contributed by atoms with E-state index in [1.165, 1.54) is 11.8 Å². The van der Waals surface area contributed by atoms with E-state index in [-0.39, 0.29) is 12.5 Å². The Balaban J connectivity index is 2.31. The molecular weight excluding hydrogens is 222 g/mol. The Kier molecular flexibility index (Phi) is 5.37. The molecule has 1 aliphatic heterocycles. The van der Waals surface area contributed by atoms with Gasteiger partial charge in [0.25, 0.3) is 0 Å². The van der Waals surface area contributed by atoms with Crippen LogP contribution in [0.1, 0.15) is 6.92 Å². The molecule has 0 radical (unpaired) electrons. The molecular formula is C11H21N3O3. The van der Waals surface area contributed by atoms with Gasteiger partial charge in [0.1, 0.15) is 6.54 Å². The molecule has 1 saturated heterocycles. The maximum Gasteiger partial charge on any atom is 0.323 e. The summed E-state index contributed by atoms with van der Waals surface area (Å²) < 4.78 is 0. The molecule has 1 amide bonds. The lowest BCUT2D eigenvalue weighted by Crippen LogP contribution is -2.48. The number of amides is 1. The number of likely N-dealkylation sites (N-methyl/N-ethyl adjacent to an activating group) is 1. The molecule has 0 aliphatic carbocycles. The first-order chi connectivity index (χ1) is 7.99. The smallest absolute Gasteiger partial charge is 0.323 e. The van der Waals surface area contributed by atoms with Crippen molar-refractivity contribution in [2.75, 3.05) is 52.9 Å². The second kappa shape index (κ2) is 6.56. The highest BCUT2D eigenvalue weighted by Gasteiger charge is 2.17. The summed E-state index contributed by atoms with van der Waals surface area (Å²) in [6, 6.07) is 0. The number of hydrogen-bond donors (Lipinski definition) is 1. The predicted molar refractivity (Wildman–Crippen MR) is 63.8 cm³/mol. The SMILES string of the molecule is CC(=O)N(CCN1CCN(C)CC1)CC(=O)O. The average Bonchev–Trinajstić information content (AvgIpc) is 2.25. The van der Waals surface area contributed by atoms with E-state index in [0.29, 0.717) is 6.54 Å². The molecule has 1 rings (SSSR count). The largest absolute Gasteiger partial charge is 0.480 e. The van der Waals surface area contributed by atoms with Crippen LogP contribution in [0.25, 0.3) is 0 Å². The molecule has 1 heterocycles. The highest BCUT2D eigenvalue weighted by atomic mass is 16.4. The Morgan fingerprint density at radius 1 is 1.24 bits per heavy atom. The molecule has 6 nitrogen and oxygen atoms in total. The van der Waals surface area contributed by atoms with Crippen LogP contribution in [0.4, 0.5) is 0 Å². The molecule has 0 unspecified atom stereocenters. The standard InChI is InChI=1S/C11H21N3O3/c1-10(15)14(9-11(16)17)8-7-13-5-3-12(2)4-6-13/h3-9H2,1-2H3,(H,16,17). The molecule has 0 aromatic carbocycles. The van der Waals surface area contributed by atoms with Crippen molar-refractivity contribution in [3.63, 3.8) is 0 Å². The van der Waals surface area contributed by atoms with Crippen LogP contribution in [0.15, 0.2) is 0 Å². The molecule has 0 saturated carbocycles. The second-order valence-corrected chi connectivity index (χ2v) is 4.48. The summed E-state index contributed by atoms with van der Waals surface area (Å²) in [6.07, 6.45) is 0. The van der Waals surface area contributed by atoms with Gasteiger partial charge in [-0.1, -0.05) is 0 Å². The second-order valence-electron chi connectivity index (χ2n) is 4.48. The molecule has 0 bridgehead atoms. The van der Waals surface area contributed by atoms with Gasteiger partial charge in [0.2, 0.25) is 5.91 Å². The first kappa shape index (κ1) is 13.9. The number of rotatable bonds is 5. The minimum absolute atomic E-state index is 0.179.